The predicted octanol–water partition coefficient (Wildman–Crippen LogP) is 1.58. The van der Waals surface area contributed by atoms with Crippen molar-refractivity contribution in [1.82, 2.24) is 0 Å². The van der Waals surface area contributed by atoms with E-state index >= 15 is 0 Å². The van der Waals surface area contributed by atoms with Crippen LogP contribution in [-0.4, -0.2) is 25.0 Å². The number of hydrogen-bond donors (Lipinski definition) is 2. The molecule has 0 heterocycles. The Morgan fingerprint density at radius 2 is 1.06 bits per heavy atom. The first kappa shape index (κ1) is 13.6. The Kier molecular flexibility index (Phi) is 3.32. The zero-order valence-electron chi connectivity index (χ0n) is 8.06. The fourth-order valence-corrected chi connectivity index (χ4v) is 1.83. The van der Waals surface area contributed by atoms with Crippen LogP contribution in [0.5, 0.6) is 11.5 Å². The average molecular weight is 324 g/mol. The molecule has 12 heteroatoms. The van der Waals surface area contributed by atoms with E-state index in [-0.39, 0.29) is 0 Å². The summed E-state index contributed by atoms with van der Waals surface area (Å²) in [6, 6.07) is 0. The molecule has 1 rings (SSSR count). The largest absolute Gasteiger partial charge is 0.497 e. The molecule has 0 atom stereocenters. The molecular weight excluding hydrogens is 322 g/mol. The summed E-state index contributed by atoms with van der Waals surface area (Å²) in [5.41, 5.74) is -4.05. The van der Waals surface area contributed by atoms with Gasteiger partial charge in [0.1, 0.15) is 0 Å². The van der Waals surface area contributed by atoms with Gasteiger partial charge in [-0.2, -0.15) is 0 Å². The first-order valence-corrected chi connectivity index (χ1v) is 4.70. The first-order chi connectivity index (χ1) is 8.20. The van der Waals surface area contributed by atoms with Crippen LogP contribution in [0.15, 0.2) is 4.47 Å². The maximum Gasteiger partial charge on any atom is 0.366 e. The number of nitro benzene ring substituents is 3. The molecule has 0 fully saturated rings. The molecule has 0 aliphatic heterocycles. The highest BCUT2D eigenvalue weighted by Gasteiger charge is 2.41. The molecule has 0 radical (unpaired) electrons. The quantitative estimate of drug-likeness (QED) is 0.623. The van der Waals surface area contributed by atoms with E-state index in [0.717, 1.165) is 0 Å². The standard InChI is InChI=1S/C6H2BrN3O8/c7-1-2(8(13)14)5(11)4(10(17)18)6(12)3(1)9(15)16/h11-12H. The maximum atomic E-state index is 10.6. The lowest BCUT2D eigenvalue weighted by atomic mass is 10.2. The number of halogens is 1. The van der Waals surface area contributed by atoms with Crippen molar-refractivity contribution in [1.29, 1.82) is 0 Å². The van der Waals surface area contributed by atoms with Crippen LogP contribution in [0.4, 0.5) is 17.1 Å². The van der Waals surface area contributed by atoms with Gasteiger partial charge in [0, 0.05) is 0 Å². The van der Waals surface area contributed by atoms with Crippen molar-refractivity contribution in [3.8, 4) is 11.5 Å². The van der Waals surface area contributed by atoms with Crippen LogP contribution in [-0.2, 0) is 0 Å². The van der Waals surface area contributed by atoms with Crippen LogP contribution in [0, 0.1) is 30.3 Å². The van der Waals surface area contributed by atoms with Crippen molar-refractivity contribution in [2.45, 2.75) is 0 Å². The molecule has 0 unspecified atom stereocenters. The molecule has 96 valence electrons. The van der Waals surface area contributed by atoms with Crippen molar-refractivity contribution >= 4 is 33.0 Å². The Morgan fingerprint density at radius 1 is 0.778 bits per heavy atom. The molecule has 0 aliphatic carbocycles. The number of nitrogens with zero attached hydrogens (tertiary/aromatic N) is 3. The second-order valence-electron chi connectivity index (χ2n) is 2.83. The molecule has 0 saturated carbocycles. The Balaban J connectivity index is 3.94. The van der Waals surface area contributed by atoms with Crippen LogP contribution in [0.1, 0.15) is 0 Å². The van der Waals surface area contributed by atoms with E-state index in [1.807, 2.05) is 0 Å². The summed E-state index contributed by atoms with van der Waals surface area (Å²) in [7, 11) is 0. The topological polar surface area (TPSA) is 170 Å². The van der Waals surface area contributed by atoms with Gasteiger partial charge in [0.25, 0.3) is 11.5 Å². The van der Waals surface area contributed by atoms with Gasteiger partial charge in [-0.3, -0.25) is 30.3 Å². The summed E-state index contributed by atoms with van der Waals surface area (Å²) in [6.07, 6.45) is 0. The molecular formula is C6H2BrN3O8. The Hall–Kier alpha value is -2.50. The predicted molar refractivity (Wildman–Crippen MR) is 57.4 cm³/mol. The molecule has 1 aromatic rings. The summed E-state index contributed by atoms with van der Waals surface area (Å²) in [6.45, 7) is 0. The van der Waals surface area contributed by atoms with Crippen LogP contribution < -0.4 is 0 Å². The van der Waals surface area contributed by atoms with E-state index in [0.29, 0.717) is 0 Å². The third-order valence-corrected chi connectivity index (χ3v) is 2.61. The van der Waals surface area contributed by atoms with E-state index in [9.17, 15) is 40.6 Å². The lowest BCUT2D eigenvalue weighted by Gasteiger charge is -2.03. The van der Waals surface area contributed by atoms with Crippen LogP contribution >= 0.6 is 15.9 Å². The number of phenols is 2. The molecule has 0 aromatic heterocycles. The monoisotopic (exact) mass is 323 g/mol. The summed E-state index contributed by atoms with van der Waals surface area (Å²) in [5, 5.41) is 50.3. The highest BCUT2D eigenvalue weighted by Crippen LogP contribution is 2.53. The summed E-state index contributed by atoms with van der Waals surface area (Å²) < 4.78 is -0.863. The average Bonchev–Trinajstić information content (AvgIpc) is 2.14. The molecule has 0 spiro atoms. The lowest BCUT2D eigenvalue weighted by molar-refractivity contribution is -0.406. The van der Waals surface area contributed by atoms with Crippen molar-refractivity contribution in [3.63, 3.8) is 0 Å². The number of phenolic OH excluding ortho intramolecular Hbond substituents is 2. The van der Waals surface area contributed by atoms with Gasteiger partial charge in [0.05, 0.1) is 14.8 Å². The second kappa shape index (κ2) is 4.40. The summed E-state index contributed by atoms with van der Waals surface area (Å²) >= 11 is 2.44. The molecule has 18 heavy (non-hydrogen) atoms. The second-order valence-corrected chi connectivity index (χ2v) is 3.62. The number of benzene rings is 1. The van der Waals surface area contributed by atoms with Crippen LogP contribution in [0.3, 0.4) is 0 Å². The fourth-order valence-electron chi connectivity index (χ4n) is 1.16. The zero-order chi connectivity index (χ0) is 14.2. The first-order valence-electron chi connectivity index (χ1n) is 3.90. The Bertz CT molecular complexity index is 483. The molecule has 0 saturated heterocycles. The van der Waals surface area contributed by atoms with Crippen molar-refractivity contribution < 1.29 is 25.0 Å². The molecule has 11 nitrogen and oxygen atoms in total. The minimum Gasteiger partial charge on any atom is -0.497 e. The van der Waals surface area contributed by atoms with Crippen molar-refractivity contribution in [3.05, 3.63) is 34.8 Å². The highest BCUT2D eigenvalue weighted by atomic mass is 79.9. The minimum absolute atomic E-state index is 0.863. The van der Waals surface area contributed by atoms with E-state index in [1.165, 1.54) is 0 Å². The third kappa shape index (κ3) is 1.88. The van der Waals surface area contributed by atoms with Crippen LogP contribution in [0.25, 0.3) is 0 Å². The van der Waals surface area contributed by atoms with E-state index < -0.39 is 47.8 Å². The molecule has 1 aromatic carbocycles. The molecule has 2 N–H and O–H groups in total. The highest BCUT2D eigenvalue weighted by molar-refractivity contribution is 9.10. The smallest absolute Gasteiger partial charge is 0.366 e. The van der Waals surface area contributed by atoms with Gasteiger partial charge in [-0.15, -0.1) is 0 Å². The SMILES string of the molecule is O=[N+]([O-])c1c(O)c([N+](=O)[O-])c(Br)c([N+](=O)[O-])c1O. The minimum atomic E-state index is -1.50. The molecule has 0 aliphatic rings. The normalized spacial score (nSPS) is 10.1. The van der Waals surface area contributed by atoms with Gasteiger partial charge in [0.15, 0.2) is 4.47 Å². The van der Waals surface area contributed by atoms with Gasteiger partial charge in [-0.1, -0.05) is 0 Å². The number of aromatic hydroxyl groups is 2. The number of rotatable bonds is 3. The van der Waals surface area contributed by atoms with Gasteiger partial charge >= 0.3 is 17.1 Å². The summed E-state index contributed by atoms with van der Waals surface area (Å²) in [4.78, 5) is 27.8. The third-order valence-electron chi connectivity index (χ3n) is 1.86. The maximum absolute atomic E-state index is 10.6. The van der Waals surface area contributed by atoms with E-state index in [4.69, 9.17) is 0 Å². The van der Waals surface area contributed by atoms with Gasteiger partial charge in [0.2, 0.25) is 0 Å². The van der Waals surface area contributed by atoms with Crippen molar-refractivity contribution in [2.24, 2.45) is 0 Å². The van der Waals surface area contributed by atoms with E-state index in [1.54, 1.807) is 0 Å². The molecule has 0 bridgehead atoms. The number of nitro groups is 3. The van der Waals surface area contributed by atoms with Gasteiger partial charge in [-0.05, 0) is 15.9 Å². The summed E-state index contributed by atoms with van der Waals surface area (Å²) in [5.74, 6) is -2.94. The molecule has 0 amide bonds. The van der Waals surface area contributed by atoms with Gasteiger partial charge < -0.3 is 10.2 Å². The van der Waals surface area contributed by atoms with E-state index in [2.05, 4.69) is 15.9 Å². The van der Waals surface area contributed by atoms with Crippen molar-refractivity contribution in [2.75, 3.05) is 0 Å². The lowest BCUT2D eigenvalue weighted by Crippen LogP contribution is -2.00. The van der Waals surface area contributed by atoms with Crippen LogP contribution in [0.2, 0.25) is 0 Å². The number of hydrogen-bond acceptors (Lipinski definition) is 8. The zero-order valence-corrected chi connectivity index (χ0v) is 9.65. The Labute approximate surface area is 105 Å². The fraction of sp³-hybridized carbons (Fsp3) is 0. The van der Waals surface area contributed by atoms with Gasteiger partial charge in [-0.25, -0.2) is 0 Å². The Morgan fingerprint density at radius 3 is 1.28 bits per heavy atom.